The molecule has 0 bridgehead atoms. The minimum atomic E-state index is -0.152. The van der Waals surface area contributed by atoms with Crippen LogP contribution in [-0.4, -0.2) is 66.4 Å². The number of aromatic nitrogens is 6. The lowest BCUT2D eigenvalue weighted by Crippen LogP contribution is -2.37. The number of ether oxygens (including phenoxy) is 1. The average Bonchev–Trinajstić information content (AvgIpc) is 3.58. The molecule has 4 aromatic rings. The predicted molar refractivity (Wildman–Crippen MR) is 137 cm³/mol. The van der Waals surface area contributed by atoms with Gasteiger partial charge in [-0.15, -0.1) is 0 Å². The molecule has 1 aliphatic rings. The predicted octanol–water partition coefficient (Wildman–Crippen LogP) is 2.81. The number of halogens is 1. The molecule has 36 heavy (non-hydrogen) atoms. The van der Waals surface area contributed by atoms with Crippen molar-refractivity contribution in [3.8, 4) is 11.8 Å². The van der Waals surface area contributed by atoms with E-state index in [1.807, 2.05) is 23.6 Å². The SMILES string of the molecule is C=CC(=O)N1C[C@@H](n2nc(C#Cc3cc4ncn(CC)c4cc3Cl)c3c(N)ncnc32)C[C@@H]1COC. The zero-order valence-corrected chi connectivity index (χ0v) is 20.7. The highest BCUT2D eigenvalue weighted by Crippen LogP contribution is 2.32. The molecule has 3 aromatic heterocycles. The Kier molecular flexibility index (Phi) is 6.35. The van der Waals surface area contributed by atoms with Crippen molar-refractivity contribution in [2.75, 3.05) is 26.0 Å². The van der Waals surface area contributed by atoms with E-state index in [0.717, 1.165) is 17.6 Å². The van der Waals surface area contributed by atoms with Gasteiger partial charge in [-0.1, -0.05) is 24.1 Å². The fourth-order valence-corrected chi connectivity index (χ4v) is 4.90. The van der Waals surface area contributed by atoms with Gasteiger partial charge in [0.1, 0.15) is 17.8 Å². The number of imidazole rings is 1. The standard InChI is InChI=1S/C25H25ClN8O2/c1-4-22(35)33-11-16(9-17(33)12-36-3)34-25-23(24(27)28-13-29-25)19(31-34)7-6-15-8-20-21(10-18(15)26)32(5-2)14-30-20/h4,8,10,13-14,16-17H,1,5,9,11-12H2,2-3H3,(H2,27,28,29)/t16-,17+/m0/s1. The first-order valence-electron chi connectivity index (χ1n) is 11.5. The second-order valence-electron chi connectivity index (χ2n) is 8.55. The lowest BCUT2D eigenvalue weighted by atomic mass is 10.2. The smallest absolute Gasteiger partial charge is 0.246 e. The van der Waals surface area contributed by atoms with E-state index in [-0.39, 0.29) is 23.8 Å². The molecule has 0 radical (unpaired) electrons. The van der Waals surface area contributed by atoms with Crippen LogP contribution in [0.5, 0.6) is 0 Å². The molecule has 0 spiro atoms. The van der Waals surface area contributed by atoms with Crippen LogP contribution in [0.3, 0.4) is 0 Å². The summed E-state index contributed by atoms with van der Waals surface area (Å²) in [5, 5.41) is 5.85. The normalized spacial score (nSPS) is 17.5. The summed E-state index contributed by atoms with van der Waals surface area (Å²) in [6.45, 7) is 7.31. The number of aryl methyl sites for hydroxylation is 1. The highest BCUT2D eigenvalue weighted by molar-refractivity contribution is 6.32. The van der Waals surface area contributed by atoms with E-state index >= 15 is 0 Å². The van der Waals surface area contributed by atoms with Crippen LogP contribution in [0, 0.1) is 11.8 Å². The van der Waals surface area contributed by atoms with Gasteiger partial charge in [-0.2, -0.15) is 5.10 Å². The summed E-state index contributed by atoms with van der Waals surface area (Å²) in [6, 6.07) is 3.48. The van der Waals surface area contributed by atoms with Crippen molar-refractivity contribution in [2.24, 2.45) is 0 Å². The van der Waals surface area contributed by atoms with E-state index in [1.54, 1.807) is 23.0 Å². The summed E-state index contributed by atoms with van der Waals surface area (Å²) in [5.74, 6) is 6.36. The molecule has 184 valence electrons. The zero-order valence-electron chi connectivity index (χ0n) is 20.0. The number of methoxy groups -OCH3 is 1. The number of anilines is 1. The van der Waals surface area contributed by atoms with Gasteiger partial charge < -0.3 is 19.9 Å². The molecule has 1 saturated heterocycles. The monoisotopic (exact) mass is 504 g/mol. The Balaban J connectivity index is 1.56. The van der Waals surface area contributed by atoms with Gasteiger partial charge in [0.15, 0.2) is 5.65 Å². The van der Waals surface area contributed by atoms with Gasteiger partial charge in [0.2, 0.25) is 5.91 Å². The number of nitrogens with zero attached hydrogens (tertiary/aromatic N) is 7. The molecular formula is C25H25ClN8O2. The first-order chi connectivity index (χ1) is 17.4. The molecular weight excluding hydrogens is 480 g/mol. The Labute approximate surface area is 212 Å². The molecule has 1 aromatic carbocycles. The third-order valence-electron chi connectivity index (χ3n) is 6.44. The highest BCUT2D eigenvalue weighted by atomic mass is 35.5. The van der Waals surface area contributed by atoms with Crippen LogP contribution in [0.2, 0.25) is 5.02 Å². The number of carbonyl (C=O) groups excluding carboxylic acids is 1. The van der Waals surface area contributed by atoms with Crippen molar-refractivity contribution >= 4 is 45.4 Å². The van der Waals surface area contributed by atoms with E-state index in [2.05, 4.69) is 33.4 Å². The molecule has 0 aliphatic carbocycles. The van der Waals surface area contributed by atoms with Crippen LogP contribution in [0.25, 0.3) is 22.1 Å². The van der Waals surface area contributed by atoms with Gasteiger partial charge in [-0.25, -0.2) is 19.6 Å². The number of amides is 1. The quantitative estimate of drug-likeness (QED) is 0.328. The summed E-state index contributed by atoms with van der Waals surface area (Å²) >= 11 is 6.54. The molecule has 2 N–H and O–H groups in total. The second-order valence-corrected chi connectivity index (χ2v) is 8.95. The van der Waals surface area contributed by atoms with Crippen LogP contribution < -0.4 is 5.73 Å². The van der Waals surface area contributed by atoms with Crippen molar-refractivity contribution in [2.45, 2.75) is 32.0 Å². The molecule has 5 rings (SSSR count). The van der Waals surface area contributed by atoms with E-state index in [1.165, 1.54) is 12.4 Å². The van der Waals surface area contributed by atoms with Crippen LogP contribution in [0.4, 0.5) is 5.82 Å². The number of carbonyl (C=O) groups is 1. The van der Waals surface area contributed by atoms with Gasteiger partial charge in [-0.05, 0) is 37.5 Å². The average molecular weight is 505 g/mol. The Morgan fingerprint density at radius 2 is 2.17 bits per heavy atom. The van der Waals surface area contributed by atoms with E-state index in [9.17, 15) is 4.79 Å². The van der Waals surface area contributed by atoms with Crippen LogP contribution in [-0.2, 0) is 16.1 Å². The maximum atomic E-state index is 12.4. The van der Waals surface area contributed by atoms with Gasteiger partial charge >= 0.3 is 0 Å². The fraction of sp³-hybridized carbons (Fsp3) is 0.320. The van der Waals surface area contributed by atoms with Gasteiger partial charge in [0, 0.05) is 25.8 Å². The Bertz CT molecular complexity index is 1550. The minimum absolute atomic E-state index is 0.105. The van der Waals surface area contributed by atoms with Crippen LogP contribution in [0.15, 0.2) is 37.4 Å². The molecule has 4 heterocycles. The van der Waals surface area contributed by atoms with Crippen molar-refractivity contribution < 1.29 is 9.53 Å². The van der Waals surface area contributed by atoms with Crippen LogP contribution >= 0.6 is 11.6 Å². The first kappa shape index (κ1) is 23.8. The lowest BCUT2D eigenvalue weighted by molar-refractivity contribution is -0.127. The number of likely N-dealkylation sites (tertiary alicyclic amines) is 1. The summed E-state index contributed by atoms with van der Waals surface area (Å²) in [4.78, 5) is 27.2. The molecule has 1 aliphatic heterocycles. The third kappa shape index (κ3) is 4.06. The van der Waals surface area contributed by atoms with Gasteiger partial charge in [-0.3, -0.25) is 4.79 Å². The highest BCUT2D eigenvalue weighted by Gasteiger charge is 2.37. The first-order valence-corrected chi connectivity index (χ1v) is 11.9. The zero-order chi connectivity index (χ0) is 25.4. The third-order valence-corrected chi connectivity index (χ3v) is 6.75. The maximum Gasteiger partial charge on any atom is 0.246 e. The number of hydrogen-bond donors (Lipinski definition) is 1. The Hall–Kier alpha value is -3.94. The number of rotatable bonds is 5. The minimum Gasteiger partial charge on any atom is -0.383 e. The number of benzene rings is 1. The summed E-state index contributed by atoms with van der Waals surface area (Å²) < 4.78 is 9.14. The summed E-state index contributed by atoms with van der Waals surface area (Å²) in [6.07, 6.45) is 5.14. The summed E-state index contributed by atoms with van der Waals surface area (Å²) in [5.41, 5.74) is 9.62. The lowest BCUT2D eigenvalue weighted by Gasteiger charge is -2.22. The summed E-state index contributed by atoms with van der Waals surface area (Å²) in [7, 11) is 1.62. The number of fused-ring (bicyclic) bond motifs is 2. The van der Waals surface area contributed by atoms with E-state index in [0.29, 0.717) is 46.9 Å². The Morgan fingerprint density at radius 1 is 1.33 bits per heavy atom. The van der Waals surface area contributed by atoms with E-state index in [4.69, 9.17) is 27.2 Å². The molecule has 1 fully saturated rings. The topological polar surface area (TPSA) is 117 Å². The number of nitrogens with two attached hydrogens (primary N) is 1. The molecule has 0 saturated carbocycles. The van der Waals surface area contributed by atoms with E-state index < -0.39 is 0 Å². The molecule has 11 heteroatoms. The largest absolute Gasteiger partial charge is 0.383 e. The molecule has 2 atom stereocenters. The van der Waals surface area contributed by atoms with Crippen LogP contribution in [0.1, 0.15) is 30.6 Å². The van der Waals surface area contributed by atoms with Gasteiger partial charge in [0.05, 0.1) is 46.5 Å². The molecule has 1 amide bonds. The number of hydrogen-bond acceptors (Lipinski definition) is 7. The molecule has 0 unspecified atom stereocenters. The second kappa shape index (κ2) is 9.60. The van der Waals surface area contributed by atoms with Crippen molar-refractivity contribution in [3.63, 3.8) is 0 Å². The number of nitrogen functional groups attached to an aromatic ring is 1. The molecule has 10 nitrogen and oxygen atoms in total. The maximum absolute atomic E-state index is 12.4. The van der Waals surface area contributed by atoms with Crippen molar-refractivity contribution in [3.05, 3.63) is 53.7 Å². The Morgan fingerprint density at radius 3 is 2.92 bits per heavy atom. The van der Waals surface area contributed by atoms with Crippen molar-refractivity contribution in [1.82, 2.24) is 34.2 Å². The van der Waals surface area contributed by atoms with Crippen molar-refractivity contribution in [1.29, 1.82) is 0 Å². The fourth-order valence-electron chi connectivity index (χ4n) is 4.70. The van der Waals surface area contributed by atoms with Gasteiger partial charge in [0.25, 0.3) is 0 Å².